The van der Waals surface area contributed by atoms with E-state index in [2.05, 4.69) is 28.9 Å². The molecular weight excluding hydrogens is 354 g/mol. The molecule has 28 heavy (non-hydrogen) atoms. The summed E-state index contributed by atoms with van der Waals surface area (Å²) < 4.78 is 18.9. The molecule has 1 fully saturated rings. The van der Waals surface area contributed by atoms with E-state index in [1.807, 2.05) is 18.2 Å². The highest BCUT2D eigenvalue weighted by molar-refractivity contribution is 5.63. The van der Waals surface area contributed by atoms with Crippen LogP contribution in [-0.2, 0) is 29.1 Å². The molecule has 1 aromatic heterocycles. The second kappa shape index (κ2) is 7.37. The Balaban J connectivity index is 1.58. The third-order valence-electron chi connectivity index (χ3n) is 5.49. The Kier molecular flexibility index (Phi) is 4.58. The van der Waals surface area contributed by atoms with Crippen molar-refractivity contribution in [1.29, 1.82) is 0 Å². The van der Waals surface area contributed by atoms with Crippen LogP contribution in [0.2, 0.25) is 0 Å². The minimum Gasteiger partial charge on any atom is -0.496 e. The number of methoxy groups -OCH3 is 1. The molecule has 3 aromatic rings. The molecule has 5 rings (SSSR count). The Labute approximate surface area is 164 Å². The molecule has 0 radical (unpaired) electrons. The fourth-order valence-electron chi connectivity index (χ4n) is 4.03. The Bertz CT molecular complexity index is 992. The summed E-state index contributed by atoms with van der Waals surface area (Å²) in [4.78, 5) is 4.96. The molecular formula is C22H23N3O3. The Hall–Kier alpha value is -2.70. The van der Waals surface area contributed by atoms with E-state index in [4.69, 9.17) is 24.3 Å². The summed E-state index contributed by atoms with van der Waals surface area (Å²) in [6.45, 7) is 2.73. The molecule has 2 aromatic carbocycles. The number of benzene rings is 2. The largest absolute Gasteiger partial charge is 0.496 e. The average molecular weight is 377 g/mol. The van der Waals surface area contributed by atoms with Crippen LogP contribution < -0.4 is 4.74 Å². The maximum atomic E-state index is 5.68. The predicted molar refractivity (Wildman–Crippen MR) is 104 cm³/mol. The molecule has 0 bridgehead atoms. The maximum Gasteiger partial charge on any atom is 0.159 e. The van der Waals surface area contributed by atoms with Gasteiger partial charge in [-0.1, -0.05) is 36.4 Å². The van der Waals surface area contributed by atoms with Gasteiger partial charge in [0.15, 0.2) is 11.6 Å². The first kappa shape index (κ1) is 17.4. The molecule has 6 heteroatoms. The minimum absolute atomic E-state index is 0.215. The van der Waals surface area contributed by atoms with Gasteiger partial charge in [-0.2, -0.15) is 5.10 Å². The zero-order valence-electron chi connectivity index (χ0n) is 15.9. The molecule has 144 valence electrons. The van der Waals surface area contributed by atoms with E-state index < -0.39 is 0 Å². The predicted octanol–water partition coefficient (Wildman–Crippen LogP) is 3.54. The fraction of sp³-hybridized carbons (Fsp3) is 0.364. The molecule has 3 heterocycles. The summed E-state index contributed by atoms with van der Waals surface area (Å²) in [5.74, 6) is 2.56. The van der Waals surface area contributed by atoms with Crippen molar-refractivity contribution in [3.05, 3.63) is 65.0 Å². The first-order chi connectivity index (χ1) is 13.8. The summed E-state index contributed by atoms with van der Waals surface area (Å²) in [6.07, 6.45) is 1.58. The molecule has 1 unspecified atom stereocenters. The van der Waals surface area contributed by atoms with Gasteiger partial charge in [0.05, 0.1) is 33.0 Å². The number of para-hydroxylation sites is 1. The summed E-state index contributed by atoms with van der Waals surface area (Å²) in [5, 5.41) is 4.89. The van der Waals surface area contributed by atoms with Crippen LogP contribution in [0.5, 0.6) is 5.75 Å². The minimum atomic E-state index is 0.215. The number of hydrogen-bond acceptors (Lipinski definition) is 5. The van der Waals surface area contributed by atoms with E-state index in [1.54, 1.807) is 7.11 Å². The van der Waals surface area contributed by atoms with Crippen molar-refractivity contribution >= 4 is 0 Å². The van der Waals surface area contributed by atoms with Gasteiger partial charge in [-0.05, 0) is 23.6 Å². The van der Waals surface area contributed by atoms with Crippen molar-refractivity contribution in [3.63, 3.8) is 0 Å². The second-order valence-electron chi connectivity index (χ2n) is 7.24. The zero-order chi connectivity index (χ0) is 18.9. The molecule has 0 amide bonds. The Morgan fingerprint density at radius 2 is 2.04 bits per heavy atom. The lowest BCUT2D eigenvalue weighted by molar-refractivity contribution is 0.134. The second-order valence-corrected chi connectivity index (χ2v) is 7.24. The van der Waals surface area contributed by atoms with Gasteiger partial charge in [-0.3, -0.25) is 0 Å². The van der Waals surface area contributed by atoms with Gasteiger partial charge in [-0.15, -0.1) is 0 Å². The molecule has 0 aliphatic carbocycles. The standard InChI is InChI=1S/C22H23N3O3/c1-26-20-8-3-2-5-15(20)11-21-23-22(25(24-21)17-9-10-27-13-17)18-7-4-6-16-12-28-14-19(16)18/h2-8,17H,9-14H2,1H3. The van der Waals surface area contributed by atoms with Gasteiger partial charge < -0.3 is 14.2 Å². The van der Waals surface area contributed by atoms with Crippen LogP contribution in [0.3, 0.4) is 0 Å². The van der Waals surface area contributed by atoms with Crippen molar-refractivity contribution in [2.45, 2.75) is 32.1 Å². The lowest BCUT2D eigenvalue weighted by atomic mass is 10.0. The van der Waals surface area contributed by atoms with Gasteiger partial charge in [0.25, 0.3) is 0 Å². The van der Waals surface area contributed by atoms with E-state index in [9.17, 15) is 0 Å². The maximum absolute atomic E-state index is 5.68. The van der Waals surface area contributed by atoms with Crippen LogP contribution in [-0.4, -0.2) is 35.1 Å². The number of hydrogen-bond donors (Lipinski definition) is 0. The van der Waals surface area contributed by atoms with Crippen LogP contribution >= 0.6 is 0 Å². The number of aromatic nitrogens is 3. The number of ether oxygens (including phenoxy) is 3. The van der Waals surface area contributed by atoms with Crippen LogP contribution in [0.1, 0.15) is 35.0 Å². The highest BCUT2D eigenvalue weighted by Crippen LogP contribution is 2.33. The normalized spacial score (nSPS) is 18.4. The molecule has 1 atom stereocenters. The number of nitrogens with zero attached hydrogens (tertiary/aromatic N) is 3. The number of rotatable bonds is 5. The van der Waals surface area contributed by atoms with Gasteiger partial charge in [0.2, 0.25) is 0 Å². The van der Waals surface area contributed by atoms with E-state index in [1.165, 1.54) is 11.1 Å². The molecule has 2 aliphatic rings. The Morgan fingerprint density at radius 3 is 2.89 bits per heavy atom. The van der Waals surface area contributed by atoms with Crippen molar-refractivity contribution in [2.75, 3.05) is 20.3 Å². The summed E-state index contributed by atoms with van der Waals surface area (Å²) in [5.41, 5.74) is 4.65. The lowest BCUT2D eigenvalue weighted by Gasteiger charge is -2.13. The topological polar surface area (TPSA) is 58.4 Å². The van der Waals surface area contributed by atoms with Crippen LogP contribution in [0.4, 0.5) is 0 Å². The highest BCUT2D eigenvalue weighted by Gasteiger charge is 2.26. The molecule has 0 saturated carbocycles. The number of fused-ring (bicyclic) bond motifs is 1. The van der Waals surface area contributed by atoms with Crippen molar-refractivity contribution in [1.82, 2.24) is 14.8 Å². The van der Waals surface area contributed by atoms with Crippen molar-refractivity contribution in [3.8, 4) is 17.1 Å². The summed E-state index contributed by atoms with van der Waals surface area (Å²) in [6, 6.07) is 14.6. The third kappa shape index (κ3) is 3.08. The first-order valence-electron chi connectivity index (χ1n) is 9.67. The van der Waals surface area contributed by atoms with Crippen molar-refractivity contribution < 1.29 is 14.2 Å². The quantitative estimate of drug-likeness (QED) is 0.681. The fourth-order valence-corrected chi connectivity index (χ4v) is 4.03. The molecule has 1 saturated heterocycles. The molecule has 0 spiro atoms. The van der Waals surface area contributed by atoms with E-state index in [0.29, 0.717) is 26.2 Å². The average Bonchev–Trinajstić information content (AvgIpc) is 3.48. The monoisotopic (exact) mass is 377 g/mol. The van der Waals surface area contributed by atoms with Crippen molar-refractivity contribution in [2.24, 2.45) is 0 Å². The van der Waals surface area contributed by atoms with E-state index in [0.717, 1.165) is 41.6 Å². The summed E-state index contributed by atoms with van der Waals surface area (Å²) >= 11 is 0. The van der Waals surface area contributed by atoms with Crippen LogP contribution in [0.25, 0.3) is 11.4 Å². The van der Waals surface area contributed by atoms with Gasteiger partial charge in [-0.25, -0.2) is 9.67 Å². The summed E-state index contributed by atoms with van der Waals surface area (Å²) in [7, 11) is 1.69. The molecule has 0 N–H and O–H groups in total. The highest BCUT2D eigenvalue weighted by atomic mass is 16.5. The SMILES string of the molecule is COc1ccccc1Cc1nc(-c2cccc3c2COC3)n(C2CCOC2)n1. The lowest BCUT2D eigenvalue weighted by Crippen LogP contribution is -2.13. The van der Waals surface area contributed by atoms with Gasteiger partial charge in [0, 0.05) is 24.2 Å². The van der Waals surface area contributed by atoms with Gasteiger partial charge >= 0.3 is 0 Å². The first-order valence-corrected chi connectivity index (χ1v) is 9.67. The van der Waals surface area contributed by atoms with E-state index in [-0.39, 0.29) is 6.04 Å². The van der Waals surface area contributed by atoms with Crippen LogP contribution in [0.15, 0.2) is 42.5 Å². The van der Waals surface area contributed by atoms with Crippen LogP contribution in [0, 0.1) is 0 Å². The zero-order valence-corrected chi connectivity index (χ0v) is 15.9. The Morgan fingerprint density at radius 1 is 1.11 bits per heavy atom. The molecule has 6 nitrogen and oxygen atoms in total. The van der Waals surface area contributed by atoms with Gasteiger partial charge in [0.1, 0.15) is 5.75 Å². The van der Waals surface area contributed by atoms with E-state index >= 15 is 0 Å². The molecule has 2 aliphatic heterocycles. The smallest absolute Gasteiger partial charge is 0.159 e. The third-order valence-corrected chi connectivity index (χ3v) is 5.49.